The molecule has 1 aromatic heterocycles. The molecule has 2 N–H and O–H groups in total. The Kier molecular flexibility index (Phi) is 6.28. The number of H-pyrrole nitrogens is 1. The van der Waals surface area contributed by atoms with E-state index >= 15 is 0 Å². The lowest BCUT2D eigenvalue weighted by molar-refractivity contribution is -0.385. The quantitative estimate of drug-likeness (QED) is 0.596. The molecule has 0 aliphatic heterocycles. The van der Waals surface area contributed by atoms with Gasteiger partial charge < -0.3 is 10.2 Å². The molecule has 0 saturated heterocycles. The van der Waals surface area contributed by atoms with Gasteiger partial charge in [-0.2, -0.15) is 5.10 Å². The van der Waals surface area contributed by atoms with Crippen molar-refractivity contribution in [3.8, 4) is 0 Å². The molecule has 1 aromatic rings. The van der Waals surface area contributed by atoms with E-state index in [-0.39, 0.29) is 29.5 Å². The summed E-state index contributed by atoms with van der Waals surface area (Å²) in [5, 5.41) is 19.8. The van der Waals surface area contributed by atoms with Gasteiger partial charge in [0, 0.05) is 20.1 Å². The third-order valence-electron chi connectivity index (χ3n) is 2.34. The van der Waals surface area contributed by atoms with Crippen LogP contribution < -0.4 is 5.32 Å². The highest BCUT2D eigenvalue weighted by Gasteiger charge is 2.28. The average molecular weight is 278 g/mol. The van der Waals surface area contributed by atoms with Gasteiger partial charge in [-0.05, 0) is 14.0 Å². The molecule has 0 bridgehead atoms. The molecule has 102 valence electrons. The average Bonchev–Trinajstić information content (AvgIpc) is 2.66. The Morgan fingerprint density at radius 3 is 2.72 bits per heavy atom. The summed E-state index contributed by atoms with van der Waals surface area (Å²) in [6, 6.07) is 0. The number of carbonyl (C=O) groups is 1. The van der Waals surface area contributed by atoms with Crippen molar-refractivity contribution in [2.45, 2.75) is 6.92 Å². The minimum Gasteiger partial charge on any atom is -0.339 e. The second-order valence-corrected chi connectivity index (χ2v) is 3.63. The molecular formula is C9H16ClN5O3. The van der Waals surface area contributed by atoms with Crippen LogP contribution in [0.3, 0.4) is 0 Å². The Bertz CT molecular complexity index is 434. The fraction of sp³-hybridized carbons (Fsp3) is 0.556. The summed E-state index contributed by atoms with van der Waals surface area (Å²) in [7, 11) is 3.34. The zero-order chi connectivity index (χ0) is 13.0. The van der Waals surface area contributed by atoms with Crippen LogP contribution in [0, 0.1) is 17.0 Å². The van der Waals surface area contributed by atoms with Crippen LogP contribution >= 0.6 is 12.4 Å². The van der Waals surface area contributed by atoms with E-state index in [1.54, 1.807) is 14.1 Å². The lowest BCUT2D eigenvalue weighted by Crippen LogP contribution is -2.33. The highest BCUT2D eigenvalue weighted by atomic mass is 35.5. The second-order valence-electron chi connectivity index (χ2n) is 3.63. The fourth-order valence-corrected chi connectivity index (χ4v) is 1.36. The van der Waals surface area contributed by atoms with Gasteiger partial charge in [0.1, 0.15) is 5.69 Å². The Balaban J connectivity index is 0.00000289. The van der Waals surface area contributed by atoms with Crippen LogP contribution in [0.1, 0.15) is 16.2 Å². The lowest BCUT2D eigenvalue weighted by Gasteiger charge is -2.14. The molecule has 0 saturated carbocycles. The van der Waals surface area contributed by atoms with Gasteiger partial charge in [-0.25, -0.2) is 0 Å². The van der Waals surface area contributed by atoms with Crippen molar-refractivity contribution in [2.24, 2.45) is 0 Å². The standard InChI is InChI=1S/C9H15N5O3.ClH/c1-6-8(14(16)17)7(12-11-6)9(15)13(3)5-4-10-2;/h10H,4-5H2,1-3H3,(H,11,12);1H. The molecule has 0 aromatic carbocycles. The molecule has 0 fully saturated rings. The second kappa shape index (κ2) is 6.92. The lowest BCUT2D eigenvalue weighted by atomic mass is 10.3. The number of amides is 1. The molecule has 1 rings (SSSR count). The van der Waals surface area contributed by atoms with Gasteiger partial charge >= 0.3 is 5.69 Å². The highest BCUT2D eigenvalue weighted by molar-refractivity contribution is 5.96. The van der Waals surface area contributed by atoms with Gasteiger partial charge in [0.15, 0.2) is 0 Å². The van der Waals surface area contributed by atoms with E-state index in [2.05, 4.69) is 15.5 Å². The van der Waals surface area contributed by atoms with Gasteiger partial charge in [-0.1, -0.05) is 0 Å². The predicted molar refractivity (Wildman–Crippen MR) is 68.1 cm³/mol. The monoisotopic (exact) mass is 277 g/mol. The third kappa shape index (κ3) is 3.41. The number of hydrogen-bond acceptors (Lipinski definition) is 5. The SMILES string of the molecule is CNCCN(C)C(=O)c1n[nH]c(C)c1[N+](=O)[O-].Cl. The van der Waals surface area contributed by atoms with E-state index in [1.807, 2.05) is 0 Å². The molecule has 1 heterocycles. The fourth-order valence-electron chi connectivity index (χ4n) is 1.36. The minimum absolute atomic E-state index is 0. The van der Waals surface area contributed by atoms with E-state index in [4.69, 9.17) is 0 Å². The number of aromatic amines is 1. The molecule has 0 unspecified atom stereocenters. The van der Waals surface area contributed by atoms with Crippen molar-refractivity contribution >= 4 is 24.0 Å². The molecule has 9 heteroatoms. The number of nitrogens with one attached hydrogen (secondary N) is 2. The first-order valence-corrected chi connectivity index (χ1v) is 5.08. The number of likely N-dealkylation sites (N-methyl/N-ethyl adjacent to an activating group) is 2. The van der Waals surface area contributed by atoms with Crippen LogP contribution in [-0.4, -0.2) is 53.1 Å². The molecule has 0 aliphatic carbocycles. The smallest absolute Gasteiger partial charge is 0.322 e. The Morgan fingerprint density at radius 1 is 1.61 bits per heavy atom. The van der Waals surface area contributed by atoms with Crippen molar-refractivity contribution in [1.29, 1.82) is 0 Å². The van der Waals surface area contributed by atoms with Crippen LogP contribution in [0.5, 0.6) is 0 Å². The first kappa shape index (κ1) is 16.3. The molecule has 8 nitrogen and oxygen atoms in total. The first-order valence-electron chi connectivity index (χ1n) is 5.08. The predicted octanol–water partition coefficient (Wildman–Crippen LogP) is 0.340. The van der Waals surface area contributed by atoms with Crippen molar-refractivity contribution in [3.05, 3.63) is 21.5 Å². The summed E-state index contributed by atoms with van der Waals surface area (Å²) < 4.78 is 0. The number of rotatable bonds is 5. The van der Waals surface area contributed by atoms with Crippen molar-refractivity contribution in [1.82, 2.24) is 20.4 Å². The number of halogens is 1. The largest absolute Gasteiger partial charge is 0.339 e. The van der Waals surface area contributed by atoms with Crippen LogP contribution in [0.25, 0.3) is 0 Å². The van der Waals surface area contributed by atoms with Gasteiger partial charge in [0.25, 0.3) is 5.91 Å². The molecule has 0 radical (unpaired) electrons. The number of aryl methyl sites for hydroxylation is 1. The van der Waals surface area contributed by atoms with E-state index in [9.17, 15) is 14.9 Å². The van der Waals surface area contributed by atoms with Crippen molar-refractivity contribution < 1.29 is 9.72 Å². The summed E-state index contributed by atoms with van der Waals surface area (Å²) in [6.07, 6.45) is 0. The van der Waals surface area contributed by atoms with Gasteiger partial charge in [0.2, 0.25) is 5.69 Å². The van der Waals surface area contributed by atoms with Gasteiger partial charge in [-0.3, -0.25) is 20.0 Å². The number of nitrogens with zero attached hydrogens (tertiary/aromatic N) is 3. The molecular weight excluding hydrogens is 262 g/mol. The molecule has 0 atom stereocenters. The highest BCUT2D eigenvalue weighted by Crippen LogP contribution is 2.20. The van der Waals surface area contributed by atoms with Gasteiger partial charge in [0.05, 0.1) is 4.92 Å². The van der Waals surface area contributed by atoms with E-state index in [1.165, 1.54) is 11.8 Å². The number of hydrogen-bond donors (Lipinski definition) is 2. The van der Waals surface area contributed by atoms with Crippen molar-refractivity contribution in [3.63, 3.8) is 0 Å². The maximum atomic E-state index is 11.9. The Hall–Kier alpha value is -1.67. The van der Waals surface area contributed by atoms with Crippen molar-refractivity contribution in [2.75, 3.05) is 27.2 Å². The summed E-state index contributed by atoms with van der Waals surface area (Å²) in [5.41, 5.74) is -0.127. The molecule has 0 aliphatic rings. The van der Waals surface area contributed by atoms with E-state index in [0.717, 1.165) is 0 Å². The minimum atomic E-state index is -0.599. The first-order chi connectivity index (χ1) is 7.99. The Morgan fingerprint density at radius 2 is 2.22 bits per heavy atom. The zero-order valence-electron chi connectivity index (χ0n) is 10.4. The summed E-state index contributed by atoms with van der Waals surface area (Å²) in [4.78, 5) is 23.5. The van der Waals surface area contributed by atoms with Crippen LogP contribution in [0.2, 0.25) is 0 Å². The van der Waals surface area contributed by atoms with Crippen LogP contribution in [-0.2, 0) is 0 Å². The molecule has 18 heavy (non-hydrogen) atoms. The molecule has 1 amide bonds. The maximum Gasteiger partial charge on any atom is 0.322 e. The zero-order valence-corrected chi connectivity index (χ0v) is 11.2. The van der Waals surface area contributed by atoms with Gasteiger partial charge in [-0.15, -0.1) is 12.4 Å². The third-order valence-corrected chi connectivity index (χ3v) is 2.34. The Labute approximate surface area is 110 Å². The van der Waals surface area contributed by atoms with E-state index in [0.29, 0.717) is 13.1 Å². The number of nitro groups is 1. The number of carbonyl (C=O) groups excluding carboxylic acids is 1. The summed E-state index contributed by atoms with van der Waals surface area (Å²) in [6.45, 7) is 2.58. The summed E-state index contributed by atoms with van der Waals surface area (Å²) in [5.74, 6) is -0.462. The summed E-state index contributed by atoms with van der Waals surface area (Å²) >= 11 is 0. The van der Waals surface area contributed by atoms with Crippen LogP contribution in [0.4, 0.5) is 5.69 Å². The number of aromatic nitrogens is 2. The topological polar surface area (TPSA) is 104 Å². The normalized spacial score (nSPS) is 9.72. The van der Waals surface area contributed by atoms with E-state index < -0.39 is 10.8 Å². The van der Waals surface area contributed by atoms with Crippen LogP contribution in [0.15, 0.2) is 0 Å². The molecule has 0 spiro atoms. The maximum absolute atomic E-state index is 11.9.